The summed E-state index contributed by atoms with van der Waals surface area (Å²) in [6.45, 7) is 5.07. The maximum absolute atomic E-state index is 4.11. The van der Waals surface area contributed by atoms with Gasteiger partial charge >= 0.3 is 0 Å². The number of aryl methyl sites for hydroxylation is 1. The lowest BCUT2D eigenvalue weighted by Gasteiger charge is -1.92. The van der Waals surface area contributed by atoms with E-state index in [1.807, 2.05) is 6.20 Å². The molecule has 9 heavy (non-hydrogen) atoms. The number of nitrogens with zero attached hydrogens (tertiary/aromatic N) is 1. The van der Waals surface area contributed by atoms with Crippen molar-refractivity contribution >= 4 is 16.5 Å². The van der Waals surface area contributed by atoms with Crippen LogP contribution in [0, 0.1) is 6.92 Å². The SMILES string of the molecule is CCNc1ncc(C)s1.[HH]. The van der Waals surface area contributed by atoms with Crippen LogP contribution in [0.4, 0.5) is 5.13 Å². The molecule has 0 amide bonds. The van der Waals surface area contributed by atoms with E-state index in [0.29, 0.717) is 0 Å². The van der Waals surface area contributed by atoms with E-state index >= 15 is 0 Å². The van der Waals surface area contributed by atoms with Crippen LogP contribution in [0.5, 0.6) is 0 Å². The summed E-state index contributed by atoms with van der Waals surface area (Å²) in [6.07, 6.45) is 1.88. The third-order valence-corrected chi connectivity index (χ3v) is 1.82. The Morgan fingerprint density at radius 1 is 1.89 bits per heavy atom. The Bertz CT molecular complexity index is 188. The second kappa shape index (κ2) is 2.82. The van der Waals surface area contributed by atoms with E-state index < -0.39 is 0 Å². The summed E-state index contributed by atoms with van der Waals surface area (Å²) in [7, 11) is 0. The highest BCUT2D eigenvalue weighted by Crippen LogP contribution is 2.15. The van der Waals surface area contributed by atoms with E-state index in [9.17, 15) is 0 Å². The van der Waals surface area contributed by atoms with Crippen LogP contribution in [0.25, 0.3) is 0 Å². The predicted octanol–water partition coefficient (Wildman–Crippen LogP) is 2.13. The van der Waals surface area contributed by atoms with Gasteiger partial charge in [-0.25, -0.2) is 4.98 Å². The fourth-order valence-electron chi connectivity index (χ4n) is 0.588. The molecule has 0 unspecified atom stereocenters. The standard InChI is InChI=1S/C6H10N2S.H2/c1-3-7-6-8-4-5(2)9-6;/h4H,3H2,1-2H3,(H,7,8);1H. The van der Waals surface area contributed by atoms with Crippen molar-refractivity contribution in [3.8, 4) is 0 Å². The minimum atomic E-state index is 0. The van der Waals surface area contributed by atoms with E-state index in [4.69, 9.17) is 0 Å². The minimum absolute atomic E-state index is 0. The van der Waals surface area contributed by atoms with Crippen molar-refractivity contribution in [2.45, 2.75) is 13.8 Å². The van der Waals surface area contributed by atoms with Gasteiger partial charge < -0.3 is 5.32 Å². The topological polar surface area (TPSA) is 24.9 Å². The van der Waals surface area contributed by atoms with Gasteiger partial charge in [-0.2, -0.15) is 0 Å². The summed E-state index contributed by atoms with van der Waals surface area (Å²) in [5, 5.41) is 4.16. The molecule has 0 aromatic carbocycles. The second-order valence-corrected chi connectivity index (χ2v) is 3.04. The second-order valence-electron chi connectivity index (χ2n) is 1.81. The molecule has 3 heteroatoms. The van der Waals surface area contributed by atoms with E-state index in [2.05, 4.69) is 24.1 Å². The number of rotatable bonds is 2. The van der Waals surface area contributed by atoms with Crippen LogP contribution in [0.15, 0.2) is 6.20 Å². The van der Waals surface area contributed by atoms with Crippen molar-refractivity contribution in [3.05, 3.63) is 11.1 Å². The molecule has 0 saturated heterocycles. The first-order valence-electron chi connectivity index (χ1n) is 2.99. The average molecular weight is 144 g/mol. The van der Waals surface area contributed by atoms with Gasteiger partial charge in [0, 0.05) is 19.0 Å². The van der Waals surface area contributed by atoms with E-state index in [1.54, 1.807) is 11.3 Å². The summed E-state index contributed by atoms with van der Waals surface area (Å²) in [5.41, 5.74) is 0. The van der Waals surface area contributed by atoms with Gasteiger partial charge in [-0.3, -0.25) is 0 Å². The molecular weight excluding hydrogens is 132 g/mol. The van der Waals surface area contributed by atoms with E-state index in [0.717, 1.165) is 11.7 Å². The number of aromatic nitrogens is 1. The zero-order valence-electron chi connectivity index (χ0n) is 5.64. The lowest BCUT2D eigenvalue weighted by molar-refractivity contribution is 1.19. The molecule has 0 bridgehead atoms. The van der Waals surface area contributed by atoms with Gasteiger partial charge in [0.1, 0.15) is 0 Å². The number of hydrogen-bond acceptors (Lipinski definition) is 3. The predicted molar refractivity (Wildman–Crippen MR) is 43.1 cm³/mol. The molecule has 0 atom stereocenters. The highest BCUT2D eigenvalue weighted by Gasteiger charge is 1.92. The van der Waals surface area contributed by atoms with Crippen LogP contribution < -0.4 is 5.32 Å². The fraction of sp³-hybridized carbons (Fsp3) is 0.500. The monoisotopic (exact) mass is 144 g/mol. The molecular formula is C6H12N2S. The molecule has 0 aliphatic carbocycles. The molecule has 52 valence electrons. The van der Waals surface area contributed by atoms with Gasteiger partial charge in [0.05, 0.1) is 0 Å². The molecule has 1 N–H and O–H groups in total. The molecule has 1 aromatic heterocycles. The summed E-state index contributed by atoms with van der Waals surface area (Å²) < 4.78 is 0. The van der Waals surface area contributed by atoms with Crippen molar-refractivity contribution in [1.29, 1.82) is 0 Å². The first-order valence-corrected chi connectivity index (χ1v) is 3.81. The largest absolute Gasteiger partial charge is 0.362 e. The third-order valence-electron chi connectivity index (χ3n) is 0.949. The summed E-state index contributed by atoms with van der Waals surface area (Å²) in [4.78, 5) is 5.37. The van der Waals surface area contributed by atoms with Gasteiger partial charge in [0.25, 0.3) is 0 Å². The van der Waals surface area contributed by atoms with Crippen LogP contribution in [0.2, 0.25) is 0 Å². The lowest BCUT2D eigenvalue weighted by atomic mass is 10.7. The normalized spacial score (nSPS) is 9.56. The van der Waals surface area contributed by atoms with Crippen molar-refractivity contribution in [3.63, 3.8) is 0 Å². The van der Waals surface area contributed by atoms with Gasteiger partial charge in [-0.15, -0.1) is 11.3 Å². The smallest absolute Gasteiger partial charge is 0.182 e. The molecule has 0 saturated carbocycles. The highest BCUT2D eigenvalue weighted by molar-refractivity contribution is 7.15. The van der Waals surface area contributed by atoms with Crippen LogP contribution in [-0.4, -0.2) is 11.5 Å². The van der Waals surface area contributed by atoms with Gasteiger partial charge in [-0.05, 0) is 13.8 Å². The first kappa shape index (κ1) is 6.55. The molecule has 1 aromatic rings. The average Bonchev–Trinajstić information content (AvgIpc) is 2.17. The summed E-state index contributed by atoms with van der Waals surface area (Å²) in [5.74, 6) is 0. The molecule has 0 fully saturated rings. The Morgan fingerprint density at radius 3 is 3.11 bits per heavy atom. The molecule has 1 heterocycles. The Morgan fingerprint density at radius 2 is 2.67 bits per heavy atom. The lowest BCUT2D eigenvalue weighted by Crippen LogP contribution is -1.93. The molecule has 1 rings (SSSR count). The number of hydrogen-bond donors (Lipinski definition) is 1. The maximum Gasteiger partial charge on any atom is 0.182 e. The molecule has 0 radical (unpaired) electrons. The number of anilines is 1. The van der Waals surface area contributed by atoms with Crippen LogP contribution >= 0.6 is 11.3 Å². The molecule has 2 nitrogen and oxygen atoms in total. The number of nitrogens with one attached hydrogen (secondary N) is 1. The maximum atomic E-state index is 4.11. The van der Waals surface area contributed by atoms with E-state index in [-0.39, 0.29) is 1.43 Å². The number of thiazole rings is 1. The molecule has 0 aliphatic rings. The Labute approximate surface area is 60.4 Å². The Hall–Kier alpha value is -0.570. The summed E-state index contributed by atoms with van der Waals surface area (Å²) >= 11 is 1.69. The van der Waals surface area contributed by atoms with E-state index in [1.165, 1.54) is 4.88 Å². The zero-order valence-corrected chi connectivity index (χ0v) is 6.46. The molecule has 0 spiro atoms. The Kier molecular flexibility index (Phi) is 2.05. The van der Waals surface area contributed by atoms with Crippen molar-refractivity contribution in [2.75, 3.05) is 11.9 Å². The van der Waals surface area contributed by atoms with Gasteiger partial charge in [0.2, 0.25) is 0 Å². The van der Waals surface area contributed by atoms with Crippen LogP contribution in [-0.2, 0) is 0 Å². The zero-order chi connectivity index (χ0) is 6.69. The van der Waals surface area contributed by atoms with Crippen molar-refractivity contribution in [1.82, 2.24) is 4.98 Å². The van der Waals surface area contributed by atoms with Gasteiger partial charge in [-0.1, -0.05) is 0 Å². The minimum Gasteiger partial charge on any atom is -0.362 e. The fourth-order valence-corrected chi connectivity index (χ4v) is 1.32. The quantitative estimate of drug-likeness (QED) is 0.687. The van der Waals surface area contributed by atoms with Crippen LogP contribution in [0.1, 0.15) is 13.2 Å². The highest BCUT2D eigenvalue weighted by atomic mass is 32.1. The van der Waals surface area contributed by atoms with Crippen molar-refractivity contribution < 1.29 is 1.43 Å². The Balaban J connectivity index is 0.000000810. The van der Waals surface area contributed by atoms with Crippen molar-refractivity contribution in [2.24, 2.45) is 0 Å². The first-order chi connectivity index (χ1) is 4.33. The van der Waals surface area contributed by atoms with Crippen LogP contribution in [0.3, 0.4) is 0 Å². The molecule has 0 aliphatic heterocycles. The summed E-state index contributed by atoms with van der Waals surface area (Å²) in [6, 6.07) is 0. The third kappa shape index (κ3) is 1.68. The van der Waals surface area contributed by atoms with Gasteiger partial charge in [0.15, 0.2) is 5.13 Å².